The number of hydrogen-bond donors (Lipinski definition) is 2. The molecule has 194 valence electrons. The van der Waals surface area contributed by atoms with E-state index < -0.39 is 12.1 Å². The van der Waals surface area contributed by atoms with Gasteiger partial charge in [-0.15, -0.1) is 0 Å². The number of methoxy groups -OCH3 is 1. The Kier molecular flexibility index (Phi) is 22.1. The summed E-state index contributed by atoms with van der Waals surface area (Å²) in [6, 6.07) is 0. The molecule has 0 aliphatic rings. The highest BCUT2D eigenvalue weighted by Gasteiger charge is 2.20. The Morgan fingerprint density at radius 2 is 1.39 bits per heavy atom. The van der Waals surface area contributed by atoms with Crippen LogP contribution in [0.15, 0.2) is 11.6 Å². The number of aliphatic hydroxyl groups excluding tert-OH is 1. The highest BCUT2D eigenvalue weighted by atomic mass is 32.2. The summed E-state index contributed by atoms with van der Waals surface area (Å²) in [5, 5.41) is 19.2. The maximum absolute atomic E-state index is 11.4. The number of aliphatic hydroxyl groups is 1. The number of allylic oxidation sites excluding steroid dienone is 1. The van der Waals surface area contributed by atoms with Crippen molar-refractivity contribution in [3.63, 3.8) is 0 Å². The maximum Gasteiger partial charge on any atom is 0.306 e. The van der Waals surface area contributed by atoms with Gasteiger partial charge < -0.3 is 14.9 Å². The SMILES string of the molecule is CCCCCCCCCCCCCC=C(CCCCC(=O)O)[C@@H](SCCC(=O)OC)C(C)O. The van der Waals surface area contributed by atoms with Gasteiger partial charge in [0, 0.05) is 12.2 Å². The van der Waals surface area contributed by atoms with Crippen molar-refractivity contribution in [2.75, 3.05) is 12.9 Å². The number of carboxylic acid groups (broad SMARTS) is 1. The minimum atomic E-state index is -0.763. The van der Waals surface area contributed by atoms with Crippen molar-refractivity contribution in [2.45, 2.75) is 134 Å². The highest BCUT2D eigenvalue weighted by Crippen LogP contribution is 2.28. The largest absolute Gasteiger partial charge is 0.481 e. The molecular formula is C27H50O5S. The van der Waals surface area contributed by atoms with E-state index in [1.54, 1.807) is 18.7 Å². The summed E-state index contributed by atoms with van der Waals surface area (Å²) in [5.41, 5.74) is 1.19. The average Bonchev–Trinajstić information content (AvgIpc) is 2.78. The number of unbranched alkanes of at least 4 members (excludes halogenated alkanes) is 12. The number of carboxylic acids is 1. The lowest BCUT2D eigenvalue weighted by Gasteiger charge is -2.23. The monoisotopic (exact) mass is 486 g/mol. The first-order valence-corrected chi connectivity index (χ1v) is 14.2. The molecule has 0 bridgehead atoms. The van der Waals surface area contributed by atoms with E-state index >= 15 is 0 Å². The van der Waals surface area contributed by atoms with Gasteiger partial charge in [0.25, 0.3) is 0 Å². The third-order valence-electron chi connectivity index (χ3n) is 5.96. The molecule has 0 saturated heterocycles. The summed E-state index contributed by atoms with van der Waals surface area (Å²) in [6.07, 6.45) is 20.0. The summed E-state index contributed by atoms with van der Waals surface area (Å²) in [4.78, 5) is 22.3. The van der Waals surface area contributed by atoms with Gasteiger partial charge in [-0.1, -0.05) is 82.8 Å². The van der Waals surface area contributed by atoms with E-state index in [4.69, 9.17) is 9.84 Å². The summed E-state index contributed by atoms with van der Waals surface area (Å²) in [6.45, 7) is 4.05. The van der Waals surface area contributed by atoms with Crippen LogP contribution in [0.4, 0.5) is 0 Å². The zero-order chi connectivity index (χ0) is 24.7. The number of thioether (sulfide) groups is 1. The van der Waals surface area contributed by atoms with Gasteiger partial charge in [-0.25, -0.2) is 0 Å². The Hall–Kier alpha value is -1.01. The van der Waals surface area contributed by atoms with Crippen molar-refractivity contribution < 1.29 is 24.5 Å². The number of ether oxygens (including phenoxy) is 1. The summed E-state index contributed by atoms with van der Waals surface area (Å²) in [7, 11) is 1.39. The average molecular weight is 487 g/mol. The molecule has 0 aromatic carbocycles. The molecule has 0 aromatic heterocycles. The molecule has 5 nitrogen and oxygen atoms in total. The zero-order valence-electron chi connectivity index (χ0n) is 21.5. The molecule has 0 spiro atoms. The first-order valence-electron chi connectivity index (χ1n) is 13.2. The van der Waals surface area contributed by atoms with E-state index in [2.05, 4.69) is 13.0 Å². The smallest absolute Gasteiger partial charge is 0.306 e. The van der Waals surface area contributed by atoms with Crippen LogP contribution in [0.5, 0.6) is 0 Å². The van der Waals surface area contributed by atoms with Crippen LogP contribution >= 0.6 is 11.8 Å². The van der Waals surface area contributed by atoms with Crippen LogP contribution in [-0.2, 0) is 14.3 Å². The summed E-state index contributed by atoms with van der Waals surface area (Å²) >= 11 is 1.59. The second kappa shape index (κ2) is 22.8. The molecular weight excluding hydrogens is 436 g/mol. The molecule has 2 N–H and O–H groups in total. The number of esters is 1. The minimum Gasteiger partial charge on any atom is -0.481 e. The van der Waals surface area contributed by atoms with E-state index in [0.717, 1.165) is 25.7 Å². The van der Waals surface area contributed by atoms with Crippen molar-refractivity contribution >= 4 is 23.7 Å². The lowest BCUT2D eigenvalue weighted by molar-refractivity contribution is -0.140. The Balaban J connectivity index is 4.43. The van der Waals surface area contributed by atoms with E-state index in [9.17, 15) is 14.7 Å². The van der Waals surface area contributed by atoms with Crippen molar-refractivity contribution in [3.05, 3.63) is 11.6 Å². The molecule has 33 heavy (non-hydrogen) atoms. The van der Waals surface area contributed by atoms with Crippen LogP contribution in [-0.4, -0.2) is 46.4 Å². The van der Waals surface area contributed by atoms with Crippen molar-refractivity contribution in [3.8, 4) is 0 Å². The molecule has 1 unspecified atom stereocenters. The molecule has 0 amide bonds. The zero-order valence-corrected chi connectivity index (χ0v) is 22.3. The van der Waals surface area contributed by atoms with E-state index in [1.807, 2.05) is 0 Å². The van der Waals surface area contributed by atoms with Gasteiger partial charge in [-0.05, 0) is 39.0 Å². The molecule has 0 heterocycles. The van der Waals surface area contributed by atoms with Crippen LogP contribution in [0.25, 0.3) is 0 Å². The minimum absolute atomic E-state index is 0.0628. The van der Waals surface area contributed by atoms with Crippen LogP contribution in [0.3, 0.4) is 0 Å². The van der Waals surface area contributed by atoms with Crippen LogP contribution in [0.2, 0.25) is 0 Å². The first kappa shape index (κ1) is 32.0. The number of hydrogen-bond acceptors (Lipinski definition) is 5. The molecule has 0 aromatic rings. The predicted octanol–water partition coefficient (Wildman–Crippen LogP) is 7.30. The van der Waals surface area contributed by atoms with Gasteiger partial charge in [-0.3, -0.25) is 9.59 Å². The molecule has 2 atom stereocenters. The van der Waals surface area contributed by atoms with Crippen molar-refractivity contribution in [1.29, 1.82) is 0 Å². The standard InChI is InChI=1S/C27H50O5S/c1-4-5-6-7-8-9-10-11-12-13-14-15-18-24(19-16-17-20-25(29)30)27(23(2)28)33-22-21-26(31)32-3/h18,23,27-28H,4-17,19-22H2,1-3H3,(H,29,30)/t23?,27-/m0/s1. The van der Waals surface area contributed by atoms with Crippen molar-refractivity contribution in [1.82, 2.24) is 0 Å². The second-order valence-electron chi connectivity index (χ2n) is 9.06. The predicted molar refractivity (Wildman–Crippen MR) is 140 cm³/mol. The molecule has 0 fully saturated rings. The number of rotatable bonds is 23. The third kappa shape index (κ3) is 20.1. The van der Waals surface area contributed by atoms with Crippen LogP contribution in [0, 0.1) is 0 Å². The fraction of sp³-hybridized carbons (Fsp3) is 0.852. The molecule has 6 heteroatoms. The highest BCUT2D eigenvalue weighted by molar-refractivity contribution is 8.00. The molecule has 0 aliphatic carbocycles. The van der Waals surface area contributed by atoms with E-state index in [-0.39, 0.29) is 17.6 Å². The number of carbonyl (C=O) groups excluding carboxylic acids is 1. The summed E-state index contributed by atoms with van der Waals surface area (Å²) in [5.74, 6) is -0.395. The Bertz CT molecular complexity index is 519. The number of aliphatic carboxylic acids is 1. The molecule has 0 radical (unpaired) electrons. The molecule has 0 aliphatic heterocycles. The third-order valence-corrected chi connectivity index (χ3v) is 7.45. The van der Waals surface area contributed by atoms with E-state index in [1.165, 1.54) is 76.9 Å². The van der Waals surface area contributed by atoms with Gasteiger partial charge in [0.1, 0.15) is 0 Å². The van der Waals surface area contributed by atoms with Gasteiger partial charge in [-0.2, -0.15) is 11.8 Å². The second-order valence-corrected chi connectivity index (χ2v) is 10.3. The topological polar surface area (TPSA) is 83.8 Å². The van der Waals surface area contributed by atoms with Gasteiger partial charge in [0.15, 0.2) is 0 Å². The first-order chi connectivity index (χ1) is 15.9. The quantitative estimate of drug-likeness (QED) is 0.0895. The van der Waals surface area contributed by atoms with Gasteiger partial charge in [0.05, 0.1) is 24.9 Å². The summed E-state index contributed by atoms with van der Waals surface area (Å²) < 4.78 is 4.72. The Labute approximate surface area is 207 Å². The molecule has 0 saturated carbocycles. The fourth-order valence-corrected chi connectivity index (χ4v) is 5.23. The van der Waals surface area contributed by atoms with Crippen molar-refractivity contribution in [2.24, 2.45) is 0 Å². The van der Waals surface area contributed by atoms with Gasteiger partial charge >= 0.3 is 11.9 Å². The van der Waals surface area contributed by atoms with Crippen LogP contribution in [0.1, 0.15) is 123 Å². The number of carbonyl (C=O) groups is 2. The van der Waals surface area contributed by atoms with Gasteiger partial charge in [0.2, 0.25) is 0 Å². The lowest BCUT2D eigenvalue weighted by atomic mass is 9.99. The lowest BCUT2D eigenvalue weighted by Crippen LogP contribution is -2.23. The fourth-order valence-electron chi connectivity index (χ4n) is 3.99. The van der Waals surface area contributed by atoms with Crippen LogP contribution < -0.4 is 0 Å². The maximum atomic E-state index is 11.4. The Morgan fingerprint density at radius 3 is 1.91 bits per heavy atom. The Morgan fingerprint density at radius 1 is 0.848 bits per heavy atom. The molecule has 0 rings (SSSR count). The van der Waals surface area contributed by atoms with E-state index in [0.29, 0.717) is 18.6 Å². The normalized spacial score (nSPS) is 13.6.